The number of nitrogens with one attached hydrogen (secondary N) is 2. The molecule has 6 heteroatoms. The van der Waals surface area contributed by atoms with Crippen LogP contribution >= 0.6 is 0 Å². The Bertz CT molecular complexity index is 525. The molecular formula is C16H22N2O4. The Labute approximate surface area is 129 Å². The van der Waals surface area contributed by atoms with Crippen LogP contribution in [0.1, 0.15) is 32.3 Å². The molecule has 0 aliphatic rings. The number of carbonyl (C=O) groups excluding carboxylic acids is 2. The first-order chi connectivity index (χ1) is 10.4. The van der Waals surface area contributed by atoms with Crippen molar-refractivity contribution >= 4 is 23.5 Å². The third-order valence-electron chi connectivity index (χ3n) is 3.12. The smallest absolute Gasteiger partial charge is 0.306 e. The van der Waals surface area contributed by atoms with Crippen LogP contribution in [0.2, 0.25) is 0 Å². The summed E-state index contributed by atoms with van der Waals surface area (Å²) in [6.07, 6.45) is 1.59. The predicted molar refractivity (Wildman–Crippen MR) is 83.5 cm³/mol. The Kier molecular flexibility index (Phi) is 7.08. The zero-order valence-electron chi connectivity index (χ0n) is 12.9. The predicted octanol–water partition coefficient (Wildman–Crippen LogP) is 1.80. The SMILES string of the molecule is CCCC(=O)NCC(=O)Nc1ccc(CC(C)C(=O)O)cc1. The van der Waals surface area contributed by atoms with Crippen molar-refractivity contribution in [2.75, 3.05) is 11.9 Å². The van der Waals surface area contributed by atoms with E-state index in [1.807, 2.05) is 6.92 Å². The Hall–Kier alpha value is -2.37. The fourth-order valence-electron chi connectivity index (χ4n) is 1.86. The molecular weight excluding hydrogens is 284 g/mol. The highest BCUT2D eigenvalue weighted by Gasteiger charge is 2.11. The fraction of sp³-hybridized carbons (Fsp3) is 0.438. The van der Waals surface area contributed by atoms with Gasteiger partial charge in [0.2, 0.25) is 11.8 Å². The zero-order chi connectivity index (χ0) is 16.5. The van der Waals surface area contributed by atoms with Crippen LogP contribution in [0.15, 0.2) is 24.3 Å². The second-order valence-electron chi connectivity index (χ2n) is 5.22. The molecule has 6 nitrogen and oxygen atoms in total. The highest BCUT2D eigenvalue weighted by atomic mass is 16.4. The number of carbonyl (C=O) groups is 3. The monoisotopic (exact) mass is 306 g/mol. The summed E-state index contributed by atoms with van der Waals surface area (Å²) < 4.78 is 0. The van der Waals surface area contributed by atoms with E-state index in [-0.39, 0.29) is 18.4 Å². The number of rotatable bonds is 8. The van der Waals surface area contributed by atoms with Crippen LogP contribution < -0.4 is 10.6 Å². The second kappa shape index (κ2) is 8.81. The minimum absolute atomic E-state index is 0.0589. The van der Waals surface area contributed by atoms with E-state index in [0.717, 1.165) is 12.0 Å². The van der Waals surface area contributed by atoms with Crippen molar-refractivity contribution < 1.29 is 19.5 Å². The van der Waals surface area contributed by atoms with E-state index in [2.05, 4.69) is 10.6 Å². The number of amides is 2. The Balaban J connectivity index is 2.45. The molecule has 3 N–H and O–H groups in total. The summed E-state index contributed by atoms with van der Waals surface area (Å²) in [4.78, 5) is 33.7. The highest BCUT2D eigenvalue weighted by Crippen LogP contribution is 2.13. The van der Waals surface area contributed by atoms with Gasteiger partial charge in [-0.3, -0.25) is 14.4 Å². The quantitative estimate of drug-likeness (QED) is 0.682. The van der Waals surface area contributed by atoms with E-state index in [0.29, 0.717) is 18.5 Å². The molecule has 0 spiro atoms. The molecule has 0 aromatic heterocycles. The summed E-state index contributed by atoms with van der Waals surface area (Å²) in [7, 11) is 0. The number of anilines is 1. The second-order valence-corrected chi connectivity index (χ2v) is 5.22. The molecule has 1 aromatic carbocycles. The van der Waals surface area contributed by atoms with Crippen LogP contribution in [0.25, 0.3) is 0 Å². The first-order valence-corrected chi connectivity index (χ1v) is 7.30. The third kappa shape index (κ3) is 6.39. The standard InChI is InChI=1S/C16H22N2O4/c1-3-4-14(19)17-10-15(20)18-13-7-5-12(6-8-13)9-11(2)16(21)22/h5-8,11H,3-4,9-10H2,1-2H3,(H,17,19)(H,18,20)(H,21,22). The maximum absolute atomic E-state index is 11.7. The largest absolute Gasteiger partial charge is 0.481 e. The van der Waals surface area contributed by atoms with Gasteiger partial charge >= 0.3 is 5.97 Å². The Morgan fingerprint density at radius 1 is 1.14 bits per heavy atom. The van der Waals surface area contributed by atoms with E-state index < -0.39 is 11.9 Å². The van der Waals surface area contributed by atoms with Crippen molar-refractivity contribution in [2.24, 2.45) is 5.92 Å². The Morgan fingerprint density at radius 2 is 1.77 bits per heavy atom. The van der Waals surface area contributed by atoms with E-state index >= 15 is 0 Å². The van der Waals surface area contributed by atoms with Gasteiger partial charge < -0.3 is 15.7 Å². The van der Waals surface area contributed by atoms with Gasteiger partial charge in [-0.05, 0) is 30.5 Å². The van der Waals surface area contributed by atoms with E-state index in [4.69, 9.17) is 5.11 Å². The van der Waals surface area contributed by atoms with Gasteiger partial charge in [0.15, 0.2) is 0 Å². The number of carboxylic acids is 1. The fourth-order valence-corrected chi connectivity index (χ4v) is 1.86. The van der Waals surface area contributed by atoms with Gasteiger partial charge in [-0.2, -0.15) is 0 Å². The molecule has 0 saturated carbocycles. The van der Waals surface area contributed by atoms with Crippen LogP contribution in [-0.2, 0) is 20.8 Å². The van der Waals surface area contributed by atoms with Crippen molar-refractivity contribution in [3.63, 3.8) is 0 Å². The molecule has 120 valence electrons. The van der Waals surface area contributed by atoms with Crippen LogP contribution in [0.3, 0.4) is 0 Å². The lowest BCUT2D eigenvalue weighted by atomic mass is 10.0. The van der Waals surface area contributed by atoms with Gasteiger partial charge in [-0.25, -0.2) is 0 Å². The van der Waals surface area contributed by atoms with Crippen molar-refractivity contribution in [1.82, 2.24) is 5.32 Å². The maximum Gasteiger partial charge on any atom is 0.306 e. The molecule has 22 heavy (non-hydrogen) atoms. The van der Waals surface area contributed by atoms with Crippen molar-refractivity contribution in [3.05, 3.63) is 29.8 Å². The molecule has 0 saturated heterocycles. The molecule has 0 fully saturated rings. The number of aliphatic carboxylic acids is 1. The minimum atomic E-state index is -0.833. The number of hydrogen-bond acceptors (Lipinski definition) is 3. The summed E-state index contributed by atoms with van der Waals surface area (Å²) in [5, 5.41) is 14.1. The summed E-state index contributed by atoms with van der Waals surface area (Å²) in [6.45, 7) is 3.49. The lowest BCUT2D eigenvalue weighted by molar-refractivity contribution is -0.141. The average Bonchev–Trinajstić information content (AvgIpc) is 2.47. The number of carboxylic acid groups (broad SMARTS) is 1. The molecule has 1 rings (SSSR count). The van der Waals surface area contributed by atoms with Crippen LogP contribution in [0.4, 0.5) is 5.69 Å². The van der Waals surface area contributed by atoms with Gasteiger partial charge in [-0.15, -0.1) is 0 Å². The van der Waals surface area contributed by atoms with Gasteiger partial charge in [0, 0.05) is 12.1 Å². The summed E-state index contributed by atoms with van der Waals surface area (Å²) in [6, 6.07) is 7.00. The first kappa shape index (κ1) is 17.7. The van der Waals surface area contributed by atoms with Gasteiger partial charge in [0.25, 0.3) is 0 Å². The molecule has 1 atom stereocenters. The molecule has 0 heterocycles. The van der Waals surface area contributed by atoms with Crippen LogP contribution in [0, 0.1) is 5.92 Å². The zero-order valence-corrected chi connectivity index (χ0v) is 12.9. The topological polar surface area (TPSA) is 95.5 Å². The molecule has 0 aliphatic heterocycles. The lowest BCUT2D eigenvalue weighted by Gasteiger charge is -2.09. The van der Waals surface area contributed by atoms with E-state index in [1.165, 1.54) is 0 Å². The normalized spacial score (nSPS) is 11.5. The van der Waals surface area contributed by atoms with Crippen LogP contribution in [0.5, 0.6) is 0 Å². The summed E-state index contributed by atoms with van der Waals surface area (Å²) in [5.74, 6) is -1.72. The molecule has 0 radical (unpaired) electrons. The van der Waals surface area contributed by atoms with E-state index in [9.17, 15) is 14.4 Å². The lowest BCUT2D eigenvalue weighted by Crippen LogP contribution is -2.32. The Morgan fingerprint density at radius 3 is 2.32 bits per heavy atom. The van der Waals surface area contributed by atoms with Gasteiger partial charge in [0.05, 0.1) is 12.5 Å². The number of benzene rings is 1. The highest BCUT2D eigenvalue weighted by molar-refractivity contribution is 5.94. The van der Waals surface area contributed by atoms with E-state index in [1.54, 1.807) is 31.2 Å². The molecule has 1 unspecified atom stereocenters. The van der Waals surface area contributed by atoms with Crippen LogP contribution in [-0.4, -0.2) is 29.4 Å². The summed E-state index contributed by atoms with van der Waals surface area (Å²) >= 11 is 0. The maximum atomic E-state index is 11.7. The summed E-state index contributed by atoms with van der Waals surface area (Å²) in [5.41, 5.74) is 1.51. The third-order valence-corrected chi connectivity index (χ3v) is 3.12. The molecule has 2 amide bonds. The van der Waals surface area contributed by atoms with Crippen molar-refractivity contribution in [1.29, 1.82) is 0 Å². The molecule has 0 aliphatic carbocycles. The minimum Gasteiger partial charge on any atom is -0.481 e. The first-order valence-electron chi connectivity index (χ1n) is 7.30. The van der Waals surface area contributed by atoms with Crippen molar-refractivity contribution in [3.8, 4) is 0 Å². The molecule has 0 bridgehead atoms. The van der Waals surface area contributed by atoms with Gasteiger partial charge in [-0.1, -0.05) is 26.0 Å². The van der Waals surface area contributed by atoms with Crippen molar-refractivity contribution in [2.45, 2.75) is 33.1 Å². The molecule has 1 aromatic rings. The average molecular weight is 306 g/mol. The number of hydrogen-bond donors (Lipinski definition) is 3. The van der Waals surface area contributed by atoms with Gasteiger partial charge in [0.1, 0.15) is 0 Å².